The van der Waals surface area contributed by atoms with E-state index in [2.05, 4.69) is 10.2 Å². The molecule has 6 heteroatoms. The van der Waals surface area contributed by atoms with Crippen LogP contribution in [0, 0.1) is 0 Å². The van der Waals surface area contributed by atoms with E-state index >= 15 is 0 Å². The first kappa shape index (κ1) is 12.1. The van der Waals surface area contributed by atoms with Crippen molar-refractivity contribution in [1.82, 2.24) is 10.2 Å². The predicted octanol–water partition coefficient (Wildman–Crippen LogP) is 1.15. The highest BCUT2D eigenvalue weighted by molar-refractivity contribution is 5.88. The van der Waals surface area contributed by atoms with E-state index in [-0.39, 0.29) is 5.56 Å². The zero-order valence-corrected chi connectivity index (χ0v) is 9.73. The van der Waals surface area contributed by atoms with Gasteiger partial charge in [-0.2, -0.15) is 5.10 Å². The van der Waals surface area contributed by atoms with Gasteiger partial charge < -0.3 is 14.6 Å². The fourth-order valence-corrected chi connectivity index (χ4v) is 2.26. The Kier molecular flexibility index (Phi) is 3.44. The molecule has 94 valence electrons. The molecule has 0 saturated carbocycles. The molecular formula is C11H16N2O4. The van der Waals surface area contributed by atoms with E-state index in [1.54, 1.807) is 7.11 Å². The molecule has 17 heavy (non-hydrogen) atoms. The summed E-state index contributed by atoms with van der Waals surface area (Å²) in [6.45, 7) is 0.941. The maximum atomic E-state index is 11.1. The van der Waals surface area contributed by atoms with Crippen LogP contribution in [0.2, 0.25) is 0 Å². The van der Waals surface area contributed by atoms with Crippen LogP contribution < -0.4 is 0 Å². The van der Waals surface area contributed by atoms with E-state index in [9.17, 15) is 4.79 Å². The summed E-state index contributed by atoms with van der Waals surface area (Å²) in [4.78, 5) is 11.1. The number of carboxylic acids is 1. The fraction of sp³-hybridized carbons (Fsp3) is 0.636. The number of hydrogen-bond acceptors (Lipinski definition) is 4. The van der Waals surface area contributed by atoms with Crippen molar-refractivity contribution in [3.63, 3.8) is 0 Å². The summed E-state index contributed by atoms with van der Waals surface area (Å²) in [5, 5.41) is 15.7. The second-order valence-corrected chi connectivity index (χ2v) is 4.20. The minimum absolute atomic E-state index is 0.156. The molecule has 1 aliphatic heterocycles. The Hall–Kier alpha value is -1.40. The molecule has 0 radical (unpaired) electrons. The number of aromatic nitrogens is 2. The average Bonchev–Trinajstić information content (AvgIpc) is 2.80. The number of carbonyl (C=O) groups is 1. The lowest BCUT2D eigenvalue weighted by Gasteiger charge is -2.36. The molecule has 0 amide bonds. The van der Waals surface area contributed by atoms with Crippen LogP contribution in [0.15, 0.2) is 6.20 Å². The SMILES string of the molecule is COCC1(c2[nH]ncc2C(=O)O)CCCCO1. The Morgan fingerprint density at radius 3 is 3.12 bits per heavy atom. The summed E-state index contributed by atoms with van der Waals surface area (Å²) >= 11 is 0. The van der Waals surface area contributed by atoms with E-state index < -0.39 is 11.6 Å². The lowest BCUT2D eigenvalue weighted by atomic mass is 9.89. The molecule has 2 N–H and O–H groups in total. The summed E-state index contributed by atoms with van der Waals surface area (Å²) in [6.07, 6.45) is 4.03. The van der Waals surface area contributed by atoms with Gasteiger partial charge in [0.05, 0.1) is 18.5 Å². The third-order valence-electron chi connectivity index (χ3n) is 3.06. The van der Waals surface area contributed by atoms with Crippen molar-refractivity contribution in [3.8, 4) is 0 Å². The zero-order chi connectivity index (χ0) is 12.3. The molecule has 1 aromatic rings. The van der Waals surface area contributed by atoms with Gasteiger partial charge in [0.25, 0.3) is 0 Å². The maximum absolute atomic E-state index is 11.1. The topological polar surface area (TPSA) is 84.4 Å². The van der Waals surface area contributed by atoms with Gasteiger partial charge in [-0.05, 0) is 19.3 Å². The molecule has 1 fully saturated rings. The number of ether oxygens (including phenoxy) is 2. The number of carboxylic acid groups (broad SMARTS) is 1. The third-order valence-corrected chi connectivity index (χ3v) is 3.06. The van der Waals surface area contributed by atoms with Crippen molar-refractivity contribution in [2.45, 2.75) is 24.9 Å². The second kappa shape index (κ2) is 4.85. The van der Waals surface area contributed by atoms with Crippen LogP contribution in [0.4, 0.5) is 0 Å². The van der Waals surface area contributed by atoms with Gasteiger partial charge in [-0.15, -0.1) is 0 Å². The molecule has 1 aliphatic rings. The number of nitrogens with one attached hydrogen (secondary N) is 1. The predicted molar refractivity (Wildman–Crippen MR) is 58.9 cm³/mol. The van der Waals surface area contributed by atoms with Gasteiger partial charge in [0, 0.05) is 13.7 Å². The first-order chi connectivity index (χ1) is 8.19. The number of aromatic amines is 1. The van der Waals surface area contributed by atoms with Gasteiger partial charge in [0.1, 0.15) is 11.2 Å². The van der Waals surface area contributed by atoms with Crippen LogP contribution in [0.25, 0.3) is 0 Å². The highest BCUT2D eigenvalue weighted by Gasteiger charge is 2.40. The first-order valence-electron chi connectivity index (χ1n) is 5.60. The van der Waals surface area contributed by atoms with E-state index in [4.69, 9.17) is 14.6 Å². The number of hydrogen-bond donors (Lipinski definition) is 2. The second-order valence-electron chi connectivity index (χ2n) is 4.20. The summed E-state index contributed by atoms with van der Waals surface area (Å²) in [7, 11) is 1.58. The molecule has 1 atom stereocenters. The molecule has 0 spiro atoms. The van der Waals surface area contributed by atoms with E-state index in [1.807, 2.05) is 0 Å². The minimum Gasteiger partial charge on any atom is -0.478 e. The molecule has 0 aromatic carbocycles. The van der Waals surface area contributed by atoms with Crippen LogP contribution in [0.1, 0.15) is 35.3 Å². The number of H-pyrrole nitrogens is 1. The van der Waals surface area contributed by atoms with Gasteiger partial charge in [-0.1, -0.05) is 0 Å². The molecule has 1 unspecified atom stereocenters. The standard InChI is InChI=1S/C11H16N2O4/c1-16-7-11(4-2-3-5-17-11)9-8(10(14)15)6-12-13-9/h6H,2-5,7H2,1H3,(H,12,13)(H,14,15). The number of rotatable bonds is 4. The van der Waals surface area contributed by atoms with Crippen LogP contribution in [-0.2, 0) is 15.1 Å². The van der Waals surface area contributed by atoms with Gasteiger partial charge in [0.15, 0.2) is 0 Å². The summed E-state index contributed by atoms with van der Waals surface area (Å²) < 4.78 is 11.0. The fourth-order valence-electron chi connectivity index (χ4n) is 2.26. The zero-order valence-electron chi connectivity index (χ0n) is 9.73. The summed E-state index contributed by atoms with van der Waals surface area (Å²) in [5.74, 6) is -1.00. The molecule has 2 rings (SSSR count). The number of methoxy groups -OCH3 is 1. The van der Waals surface area contributed by atoms with Crippen molar-refractivity contribution >= 4 is 5.97 Å². The average molecular weight is 240 g/mol. The highest BCUT2D eigenvalue weighted by atomic mass is 16.5. The maximum Gasteiger partial charge on any atom is 0.339 e. The summed E-state index contributed by atoms with van der Waals surface area (Å²) in [6, 6.07) is 0. The van der Waals surface area contributed by atoms with E-state index in [0.717, 1.165) is 19.3 Å². The van der Waals surface area contributed by atoms with Crippen LogP contribution in [0.3, 0.4) is 0 Å². The number of nitrogens with zero attached hydrogens (tertiary/aromatic N) is 1. The molecule has 6 nitrogen and oxygen atoms in total. The third kappa shape index (κ3) is 2.18. The highest BCUT2D eigenvalue weighted by Crippen LogP contribution is 2.36. The Morgan fingerprint density at radius 2 is 2.53 bits per heavy atom. The molecule has 1 saturated heterocycles. The van der Waals surface area contributed by atoms with Crippen molar-refractivity contribution in [1.29, 1.82) is 0 Å². The van der Waals surface area contributed by atoms with Gasteiger partial charge >= 0.3 is 5.97 Å². The van der Waals surface area contributed by atoms with Gasteiger partial charge in [-0.3, -0.25) is 5.10 Å². The van der Waals surface area contributed by atoms with Crippen molar-refractivity contribution < 1.29 is 19.4 Å². The molecule has 1 aromatic heterocycles. The van der Waals surface area contributed by atoms with Crippen molar-refractivity contribution in [3.05, 3.63) is 17.5 Å². The lowest BCUT2D eigenvalue weighted by molar-refractivity contribution is -0.124. The van der Waals surface area contributed by atoms with Gasteiger partial charge in [-0.25, -0.2) is 4.79 Å². The Bertz CT molecular complexity index is 390. The molecule has 2 heterocycles. The Balaban J connectivity index is 2.37. The monoisotopic (exact) mass is 240 g/mol. The smallest absolute Gasteiger partial charge is 0.339 e. The Morgan fingerprint density at radius 1 is 1.71 bits per heavy atom. The van der Waals surface area contributed by atoms with Crippen LogP contribution >= 0.6 is 0 Å². The first-order valence-corrected chi connectivity index (χ1v) is 5.60. The summed E-state index contributed by atoms with van der Waals surface area (Å²) in [5.41, 5.74) is -0.0347. The van der Waals surface area contributed by atoms with Crippen LogP contribution in [-0.4, -0.2) is 41.6 Å². The van der Waals surface area contributed by atoms with E-state index in [0.29, 0.717) is 18.9 Å². The molecule has 0 aliphatic carbocycles. The largest absolute Gasteiger partial charge is 0.478 e. The van der Waals surface area contributed by atoms with Crippen molar-refractivity contribution in [2.24, 2.45) is 0 Å². The lowest BCUT2D eigenvalue weighted by Crippen LogP contribution is -2.39. The van der Waals surface area contributed by atoms with Crippen LogP contribution in [0.5, 0.6) is 0 Å². The quantitative estimate of drug-likeness (QED) is 0.824. The number of aromatic carboxylic acids is 1. The van der Waals surface area contributed by atoms with Gasteiger partial charge in [0.2, 0.25) is 0 Å². The molecule has 0 bridgehead atoms. The van der Waals surface area contributed by atoms with Crippen molar-refractivity contribution in [2.75, 3.05) is 20.3 Å². The minimum atomic E-state index is -1.00. The van der Waals surface area contributed by atoms with E-state index in [1.165, 1.54) is 6.20 Å². The normalized spacial score (nSPS) is 24.8. The molecular weight excluding hydrogens is 224 g/mol. The Labute approximate surface area is 98.9 Å².